The lowest BCUT2D eigenvalue weighted by Crippen LogP contribution is -2.27. The van der Waals surface area contributed by atoms with Gasteiger partial charge in [0.25, 0.3) is 5.91 Å². The molecule has 4 nitrogen and oxygen atoms in total. The van der Waals surface area contributed by atoms with Gasteiger partial charge in [-0.2, -0.15) is 5.26 Å². The Kier molecular flexibility index (Phi) is 6.36. The average Bonchev–Trinajstić information content (AvgIpc) is 2.74. The minimum absolute atomic E-state index is 0.170. The van der Waals surface area contributed by atoms with Crippen LogP contribution in [0, 0.1) is 11.3 Å². The summed E-state index contributed by atoms with van der Waals surface area (Å²) in [6.07, 6.45) is 0. The Balaban J connectivity index is 1.84. The molecule has 0 bridgehead atoms. The Bertz CT molecular complexity index is 1030. The van der Waals surface area contributed by atoms with E-state index in [9.17, 15) is 10.1 Å². The zero-order chi connectivity index (χ0) is 19.9. The van der Waals surface area contributed by atoms with Crippen LogP contribution in [0.5, 0.6) is 5.75 Å². The van der Waals surface area contributed by atoms with Crippen LogP contribution in [0.15, 0.2) is 82.6 Å². The molecule has 0 aromatic heterocycles. The summed E-state index contributed by atoms with van der Waals surface area (Å²) in [6.45, 7) is 1.93. The molecule has 1 amide bonds. The number of methoxy groups -OCH3 is 1. The summed E-state index contributed by atoms with van der Waals surface area (Å²) in [4.78, 5) is 14.6. The number of nitrogens with one attached hydrogen (secondary N) is 1. The summed E-state index contributed by atoms with van der Waals surface area (Å²) in [7, 11) is 1.62. The van der Waals surface area contributed by atoms with E-state index in [4.69, 9.17) is 4.74 Å². The molecule has 5 heteroatoms. The molecule has 0 radical (unpaired) electrons. The van der Waals surface area contributed by atoms with Gasteiger partial charge in [-0.3, -0.25) is 4.79 Å². The number of hydrogen-bond acceptors (Lipinski definition) is 4. The lowest BCUT2D eigenvalue weighted by molar-refractivity contribution is 0.0936. The van der Waals surface area contributed by atoms with Crippen molar-refractivity contribution in [2.24, 2.45) is 0 Å². The molecule has 0 aliphatic rings. The van der Waals surface area contributed by atoms with Crippen LogP contribution >= 0.6 is 11.8 Å². The highest BCUT2D eigenvalue weighted by molar-refractivity contribution is 7.99. The number of carbonyl (C=O) groups is 1. The second-order valence-corrected chi connectivity index (χ2v) is 7.23. The van der Waals surface area contributed by atoms with Gasteiger partial charge in [-0.15, -0.1) is 0 Å². The van der Waals surface area contributed by atoms with Crippen molar-refractivity contribution in [1.82, 2.24) is 5.32 Å². The summed E-state index contributed by atoms with van der Waals surface area (Å²) in [5.74, 6) is 0.567. The monoisotopic (exact) mass is 388 g/mol. The maximum atomic E-state index is 13.0. The number of benzene rings is 3. The maximum Gasteiger partial charge on any atom is 0.252 e. The van der Waals surface area contributed by atoms with Crippen molar-refractivity contribution >= 4 is 17.7 Å². The van der Waals surface area contributed by atoms with E-state index in [0.29, 0.717) is 11.1 Å². The Hall–Kier alpha value is -3.23. The molecule has 3 aromatic rings. The highest BCUT2D eigenvalue weighted by Gasteiger charge is 2.18. The molecule has 0 unspecified atom stereocenters. The first-order chi connectivity index (χ1) is 13.6. The number of carbonyl (C=O) groups excluding carboxylic acids is 1. The molecule has 0 heterocycles. The number of nitrogens with zero attached hydrogens (tertiary/aromatic N) is 1. The zero-order valence-corrected chi connectivity index (χ0v) is 16.5. The van der Waals surface area contributed by atoms with Crippen LogP contribution < -0.4 is 10.1 Å². The highest BCUT2D eigenvalue weighted by atomic mass is 32.2. The number of hydrogen-bond donors (Lipinski definition) is 1. The van der Waals surface area contributed by atoms with Gasteiger partial charge in [-0.05, 0) is 37.3 Å². The first-order valence-electron chi connectivity index (χ1n) is 8.84. The third-order valence-electron chi connectivity index (χ3n) is 4.31. The van der Waals surface area contributed by atoms with E-state index in [-0.39, 0.29) is 11.9 Å². The molecule has 0 aliphatic heterocycles. The third-order valence-corrected chi connectivity index (χ3v) is 5.46. The number of rotatable bonds is 6. The summed E-state index contributed by atoms with van der Waals surface area (Å²) in [5, 5.41) is 12.4. The fraction of sp³-hybridized carbons (Fsp3) is 0.130. The Morgan fingerprint density at radius 2 is 1.64 bits per heavy atom. The van der Waals surface area contributed by atoms with Crippen molar-refractivity contribution in [2.45, 2.75) is 22.8 Å². The van der Waals surface area contributed by atoms with Crippen molar-refractivity contribution in [1.29, 1.82) is 5.26 Å². The second kappa shape index (κ2) is 9.12. The number of ether oxygens (including phenoxy) is 1. The molecule has 0 saturated carbocycles. The molecule has 0 saturated heterocycles. The van der Waals surface area contributed by atoms with Gasteiger partial charge in [-0.25, -0.2) is 0 Å². The van der Waals surface area contributed by atoms with Crippen LogP contribution in [-0.4, -0.2) is 13.0 Å². The van der Waals surface area contributed by atoms with Crippen molar-refractivity contribution in [3.05, 3.63) is 89.5 Å². The maximum absolute atomic E-state index is 13.0. The molecule has 1 N–H and O–H groups in total. The highest BCUT2D eigenvalue weighted by Crippen LogP contribution is 2.33. The molecule has 3 rings (SSSR count). The van der Waals surface area contributed by atoms with Crippen molar-refractivity contribution < 1.29 is 9.53 Å². The topological polar surface area (TPSA) is 62.1 Å². The largest absolute Gasteiger partial charge is 0.496 e. The second-order valence-electron chi connectivity index (χ2n) is 6.14. The minimum Gasteiger partial charge on any atom is -0.496 e. The van der Waals surface area contributed by atoms with Gasteiger partial charge < -0.3 is 10.1 Å². The van der Waals surface area contributed by atoms with Gasteiger partial charge in [-0.1, -0.05) is 54.2 Å². The molecular formula is C23H20N2O2S. The third kappa shape index (κ3) is 4.36. The van der Waals surface area contributed by atoms with E-state index in [1.54, 1.807) is 19.2 Å². The van der Waals surface area contributed by atoms with Crippen molar-refractivity contribution in [3.63, 3.8) is 0 Å². The number of amides is 1. The molecule has 0 spiro atoms. The SMILES string of the molecule is COc1ccccc1[C@@H](C)NC(=O)c1ccccc1Sc1ccccc1C#N. The van der Waals surface area contributed by atoms with Crippen LogP contribution in [0.4, 0.5) is 0 Å². The molecule has 3 aromatic carbocycles. The van der Waals surface area contributed by atoms with Crippen LogP contribution in [0.2, 0.25) is 0 Å². The Labute approximate surface area is 169 Å². The van der Waals surface area contributed by atoms with Gasteiger partial charge in [0.15, 0.2) is 0 Å². The molecule has 140 valence electrons. The lowest BCUT2D eigenvalue weighted by atomic mass is 10.1. The summed E-state index contributed by atoms with van der Waals surface area (Å²) < 4.78 is 5.40. The normalized spacial score (nSPS) is 11.3. The standard InChI is InChI=1S/C23H20N2O2S/c1-16(18-10-4-6-12-20(18)27-2)25-23(26)19-11-5-8-14-22(19)28-21-13-7-3-9-17(21)15-24/h3-14,16H,1-2H3,(H,25,26)/t16-/m1/s1. The summed E-state index contributed by atoms with van der Waals surface area (Å²) in [5.41, 5.74) is 2.07. The first-order valence-corrected chi connectivity index (χ1v) is 9.65. The van der Waals surface area contributed by atoms with E-state index < -0.39 is 0 Å². The average molecular weight is 388 g/mol. The number of para-hydroxylation sites is 1. The van der Waals surface area contributed by atoms with Crippen LogP contribution in [-0.2, 0) is 0 Å². The van der Waals surface area contributed by atoms with E-state index in [2.05, 4.69) is 11.4 Å². The summed E-state index contributed by atoms with van der Waals surface area (Å²) >= 11 is 1.42. The van der Waals surface area contributed by atoms with Gasteiger partial charge in [0.2, 0.25) is 0 Å². The van der Waals surface area contributed by atoms with E-state index in [0.717, 1.165) is 21.1 Å². The van der Waals surface area contributed by atoms with Crippen LogP contribution in [0.1, 0.15) is 34.5 Å². The molecule has 28 heavy (non-hydrogen) atoms. The van der Waals surface area contributed by atoms with E-state index >= 15 is 0 Å². The van der Waals surface area contributed by atoms with Gasteiger partial charge in [0, 0.05) is 15.4 Å². The fourth-order valence-corrected chi connectivity index (χ4v) is 3.91. The van der Waals surface area contributed by atoms with Crippen molar-refractivity contribution in [3.8, 4) is 11.8 Å². The first kappa shape index (κ1) is 19.5. The predicted molar refractivity (Wildman–Crippen MR) is 111 cm³/mol. The van der Waals surface area contributed by atoms with Crippen LogP contribution in [0.3, 0.4) is 0 Å². The van der Waals surface area contributed by atoms with Crippen LogP contribution in [0.25, 0.3) is 0 Å². The molecule has 0 aliphatic carbocycles. The Morgan fingerprint density at radius 3 is 2.39 bits per heavy atom. The molecular weight excluding hydrogens is 368 g/mol. The smallest absolute Gasteiger partial charge is 0.252 e. The lowest BCUT2D eigenvalue weighted by Gasteiger charge is -2.18. The quantitative estimate of drug-likeness (QED) is 0.630. The summed E-state index contributed by atoms with van der Waals surface area (Å²) in [6, 6.07) is 24.4. The fourth-order valence-electron chi connectivity index (χ4n) is 2.89. The van der Waals surface area contributed by atoms with Gasteiger partial charge in [0.05, 0.1) is 24.3 Å². The predicted octanol–water partition coefficient (Wildman–Crippen LogP) is 5.21. The van der Waals surface area contributed by atoms with E-state index in [1.807, 2.05) is 67.6 Å². The van der Waals surface area contributed by atoms with E-state index in [1.165, 1.54) is 11.8 Å². The number of nitriles is 1. The Morgan fingerprint density at radius 1 is 1.00 bits per heavy atom. The van der Waals surface area contributed by atoms with Crippen molar-refractivity contribution in [2.75, 3.05) is 7.11 Å². The minimum atomic E-state index is -0.215. The van der Waals surface area contributed by atoms with Gasteiger partial charge in [0.1, 0.15) is 11.8 Å². The molecule has 0 fully saturated rings. The van der Waals surface area contributed by atoms with Gasteiger partial charge >= 0.3 is 0 Å². The zero-order valence-electron chi connectivity index (χ0n) is 15.7. The molecule has 1 atom stereocenters.